The van der Waals surface area contributed by atoms with Gasteiger partial charge in [-0.1, -0.05) is 18.2 Å². The third kappa shape index (κ3) is 7.15. The van der Waals surface area contributed by atoms with Gasteiger partial charge in [0.15, 0.2) is 5.78 Å². The minimum absolute atomic E-state index is 0.107. The van der Waals surface area contributed by atoms with Crippen molar-refractivity contribution in [3.8, 4) is 0 Å². The molecule has 0 radical (unpaired) electrons. The lowest BCUT2D eigenvalue weighted by molar-refractivity contribution is -0.122. The Balaban J connectivity index is 0.851. The van der Waals surface area contributed by atoms with Gasteiger partial charge >= 0.3 is 0 Å². The molecule has 2 aliphatic heterocycles. The Kier molecular flexibility index (Phi) is 9.81. The summed E-state index contributed by atoms with van der Waals surface area (Å²) in [5, 5.41) is 26.6. The number of aromatic nitrogens is 4. The fourth-order valence-electron chi connectivity index (χ4n) is 8.08. The van der Waals surface area contributed by atoms with Crippen LogP contribution in [0, 0.1) is 10.8 Å². The van der Waals surface area contributed by atoms with Crippen LogP contribution in [0.5, 0.6) is 0 Å². The van der Waals surface area contributed by atoms with Gasteiger partial charge in [-0.25, -0.2) is 9.97 Å². The maximum Gasteiger partial charge on any atom is 0.255 e. The van der Waals surface area contributed by atoms with E-state index in [0.29, 0.717) is 22.8 Å². The second kappa shape index (κ2) is 15.1. The van der Waals surface area contributed by atoms with Crippen molar-refractivity contribution in [3.05, 3.63) is 83.9 Å². The summed E-state index contributed by atoms with van der Waals surface area (Å²) in [6.45, 7) is 1.95. The number of amides is 1. The fraction of sp³-hybridized carbons (Fsp3) is 0.375. The van der Waals surface area contributed by atoms with Crippen molar-refractivity contribution in [2.24, 2.45) is 0 Å². The van der Waals surface area contributed by atoms with E-state index in [1.54, 1.807) is 12.3 Å². The molecule has 2 aromatic heterocycles. The largest absolute Gasteiger partial charge is 0.387 e. The molecule has 3 unspecified atom stereocenters. The van der Waals surface area contributed by atoms with E-state index in [1.807, 2.05) is 54.9 Å². The molecule has 4 aliphatic rings. The Morgan fingerprint density at radius 1 is 0.852 bits per heavy atom. The van der Waals surface area contributed by atoms with E-state index in [4.69, 9.17) is 15.8 Å². The molecule has 3 atom stereocenters. The van der Waals surface area contributed by atoms with E-state index in [2.05, 4.69) is 35.8 Å². The summed E-state index contributed by atoms with van der Waals surface area (Å²) < 4.78 is 0. The quantitative estimate of drug-likeness (QED) is 0.141. The molecular weight excluding hydrogens is 683 g/mol. The van der Waals surface area contributed by atoms with Crippen molar-refractivity contribution in [1.29, 1.82) is 10.8 Å². The highest BCUT2D eigenvalue weighted by Crippen LogP contribution is 2.35. The summed E-state index contributed by atoms with van der Waals surface area (Å²) in [6.07, 6.45) is 12.7. The molecule has 1 amide bonds. The fourth-order valence-corrected chi connectivity index (χ4v) is 8.08. The van der Waals surface area contributed by atoms with Crippen LogP contribution in [-0.4, -0.2) is 91.5 Å². The molecule has 1 saturated heterocycles. The third-order valence-electron chi connectivity index (χ3n) is 11.0. The van der Waals surface area contributed by atoms with Gasteiger partial charge in [-0.2, -0.15) is 4.98 Å². The van der Waals surface area contributed by atoms with Crippen LogP contribution in [0.3, 0.4) is 0 Å². The molecular formula is C40H43N11O3. The number of nitrogens with zero attached hydrogens (tertiary/aromatic N) is 6. The molecule has 2 aliphatic carbocycles. The molecule has 276 valence electrons. The molecule has 54 heavy (non-hydrogen) atoms. The maximum atomic E-state index is 13.4. The topological polar surface area (TPSA) is 193 Å². The molecule has 5 N–H and O–H groups in total. The number of rotatable bonds is 10. The highest BCUT2D eigenvalue weighted by Gasteiger charge is 2.42. The van der Waals surface area contributed by atoms with E-state index in [-0.39, 0.29) is 43.4 Å². The first-order chi connectivity index (χ1) is 26.3. The second-order valence-electron chi connectivity index (χ2n) is 14.5. The Bertz CT molecular complexity index is 2160. The lowest BCUT2D eigenvalue weighted by atomic mass is 9.90. The van der Waals surface area contributed by atoms with Gasteiger partial charge in [0, 0.05) is 85.2 Å². The summed E-state index contributed by atoms with van der Waals surface area (Å²) in [5.41, 5.74) is 4.78. The average Bonchev–Trinajstić information content (AvgIpc) is 3.54. The number of carbonyl (C=O) groups is 3. The van der Waals surface area contributed by atoms with Crippen LogP contribution in [-0.2, 0) is 16.1 Å². The number of hydrogen-bond donors (Lipinski definition) is 5. The van der Waals surface area contributed by atoms with Crippen LogP contribution in [0.4, 0.5) is 17.5 Å². The number of carbonyl (C=O) groups excluding carboxylic acids is 3. The smallest absolute Gasteiger partial charge is 0.255 e. The Morgan fingerprint density at radius 2 is 1.65 bits per heavy atom. The minimum Gasteiger partial charge on any atom is -0.387 e. The van der Waals surface area contributed by atoms with Crippen molar-refractivity contribution in [2.45, 2.75) is 82.1 Å². The van der Waals surface area contributed by atoms with Crippen molar-refractivity contribution >= 4 is 63.5 Å². The average molecular weight is 726 g/mol. The van der Waals surface area contributed by atoms with E-state index in [9.17, 15) is 14.4 Å². The Hall–Kier alpha value is -6.05. The molecule has 4 aromatic rings. The number of para-hydroxylation sites is 2. The lowest BCUT2D eigenvalue weighted by Crippen LogP contribution is -2.49. The van der Waals surface area contributed by atoms with E-state index >= 15 is 0 Å². The van der Waals surface area contributed by atoms with E-state index in [0.717, 1.165) is 79.7 Å². The first kappa shape index (κ1) is 35.0. The molecule has 14 heteroatoms. The molecule has 2 saturated carbocycles. The standard InChI is InChI=1S/C40H43N11O3/c41-20-24(33-22-45-31-8-1-2-9-32(31)48-33)21-44-25-14-17-50(18-15-25)36-13-16-43-40(49-36)47-27-6-3-5-26(19-27)46-30-10-4-7-28-29(30)23-51(39(28)54)34-11-12-35(52)37(42)38(34)53/h1-2,4,7-10,13,16,20-22,25-27,34,41-42,44,46H,3,5-6,11-12,14-15,17-19,23H2,(H,43,47,49)/b24-21+,41-20?,42-37?. The molecule has 0 bridgehead atoms. The van der Waals surface area contributed by atoms with Gasteiger partial charge in [0.05, 0.1) is 29.0 Å². The van der Waals surface area contributed by atoms with Gasteiger partial charge in [0.2, 0.25) is 11.7 Å². The van der Waals surface area contributed by atoms with Crippen LogP contribution in [0.25, 0.3) is 16.6 Å². The normalized spacial score (nSPS) is 22.4. The number of ketones is 2. The second-order valence-corrected chi connectivity index (χ2v) is 14.5. The van der Waals surface area contributed by atoms with E-state index < -0.39 is 23.3 Å². The first-order valence-corrected chi connectivity index (χ1v) is 18.7. The first-order valence-electron chi connectivity index (χ1n) is 18.7. The van der Waals surface area contributed by atoms with Crippen LogP contribution in [0.15, 0.2) is 67.1 Å². The SMILES string of the molecule is N=C/C(=C\NC1CCN(c2ccnc(NC3CCCC(Nc4cccc5c4CN(C4CCC(=O)C(=N)C4=O)C5=O)C3)n2)CC1)c1cnc2ccccc2n1. The van der Waals surface area contributed by atoms with Crippen molar-refractivity contribution in [2.75, 3.05) is 28.6 Å². The van der Waals surface area contributed by atoms with Gasteiger partial charge < -0.3 is 31.2 Å². The highest BCUT2D eigenvalue weighted by molar-refractivity contribution is 6.67. The Labute approximate surface area is 312 Å². The zero-order chi connectivity index (χ0) is 37.2. The minimum atomic E-state index is -0.773. The summed E-state index contributed by atoms with van der Waals surface area (Å²) >= 11 is 0. The molecule has 14 nitrogen and oxygen atoms in total. The van der Waals surface area contributed by atoms with Gasteiger partial charge in [-0.15, -0.1) is 0 Å². The number of allylic oxidation sites excluding steroid dienone is 1. The van der Waals surface area contributed by atoms with Crippen LogP contribution >= 0.6 is 0 Å². The van der Waals surface area contributed by atoms with Gasteiger partial charge in [-0.05, 0) is 75.3 Å². The van der Waals surface area contributed by atoms with Crippen LogP contribution < -0.4 is 20.9 Å². The molecule has 8 rings (SSSR count). The number of piperidine rings is 1. The van der Waals surface area contributed by atoms with Crippen molar-refractivity contribution in [3.63, 3.8) is 0 Å². The highest BCUT2D eigenvalue weighted by atomic mass is 16.2. The molecule has 0 spiro atoms. The van der Waals surface area contributed by atoms with Crippen LogP contribution in [0.1, 0.15) is 73.0 Å². The van der Waals surface area contributed by atoms with Crippen molar-refractivity contribution in [1.82, 2.24) is 30.2 Å². The predicted octanol–water partition coefficient (Wildman–Crippen LogP) is 4.78. The summed E-state index contributed by atoms with van der Waals surface area (Å²) in [6, 6.07) is 15.1. The predicted molar refractivity (Wildman–Crippen MR) is 207 cm³/mol. The summed E-state index contributed by atoms with van der Waals surface area (Å²) in [4.78, 5) is 60.5. The lowest BCUT2D eigenvalue weighted by Gasteiger charge is -2.34. The third-order valence-corrected chi connectivity index (χ3v) is 11.0. The number of anilines is 3. The van der Waals surface area contributed by atoms with Gasteiger partial charge in [0.1, 0.15) is 11.5 Å². The number of hydrogen-bond acceptors (Lipinski definition) is 13. The molecule has 3 fully saturated rings. The van der Waals surface area contributed by atoms with Crippen LogP contribution in [0.2, 0.25) is 0 Å². The number of nitrogens with one attached hydrogen (secondary N) is 5. The Morgan fingerprint density at radius 3 is 2.46 bits per heavy atom. The number of Topliss-reactive ketones (excluding diaryl/α,β-unsaturated/α-hetero) is 2. The molecule has 2 aromatic carbocycles. The maximum absolute atomic E-state index is 13.4. The van der Waals surface area contributed by atoms with Crippen molar-refractivity contribution < 1.29 is 14.4 Å². The molecule has 4 heterocycles. The monoisotopic (exact) mass is 725 g/mol. The summed E-state index contributed by atoms with van der Waals surface area (Å²) in [5.74, 6) is 0.258. The zero-order valence-electron chi connectivity index (χ0n) is 29.9. The zero-order valence-corrected chi connectivity index (χ0v) is 29.9. The van der Waals surface area contributed by atoms with E-state index in [1.165, 1.54) is 11.1 Å². The van der Waals surface area contributed by atoms with Gasteiger partial charge in [-0.3, -0.25) is 24.8 Å². The number of fused-ring (bicyclic) bond motifs is 2. The summed E-state index contributed by atoms with van der Waals surface area (Å²) in [7, 11) is 0. The van der Waals surface area contributed by atoms with Gasteiger partial charge in [0.25, 0.3) is 5.91 Å². The number of benzene rings is 2.